The smallest absolute Gasteiger partial charge is 0.246 e. The molecule has 1 aliphatic carbocycles. The van der Waals surface area contributed by atoms with Gasteiger partial charge in [-0.05, 0) is 25.0 Å². The van der Waals surface area contributed by atoms with Gasteiger partial charge in [-0.25, -0.2) is 12.8 Å². The molecule has 20 heavy (non-hydrogen) atoms. The Balaban J connectivity index is 2.34. The Labute approximate surface area is 119 Å². The van der Waals surface area contributed by atoms with Gasteiger partial charge in [0.25, 0.3) is 0 Å². The first kappa shape index (κ1) is 15.4. The van der Waals surface area contributed by atoms with Gasteiger partial charge in [-0.1, -0.05) is 31.4 Å². The molecule has 2 N–H and O–H groups in total. The molecule has 0 spiro atoms. The maximum atomic E-state index is 13.8. The van der Waals surface area contributed by atoms with Crippen molar-refractivity contribution in [1.82, 2.24) is 4.31 Å². The fourth-order valence-corrected chi connectivity index (χ4v) is 4.54. The number of nitrogens with zero attached hydrogens (tertiary/aromatic N) is 1. The molecule has 0 aromatic heterocycles. The van der Waals surface area contributed by atoms with Crippen LogP contribution < -0.4 is 5.73 Å². The van der Waals surface area contributed by atoms with Crippen LogP contribution in [0.25, 0.3) is 0 Å². The summed E-state index contributed by atoms with van der Waals surface area (Å²) >= 11 is 0. The molecule has 1 aromatic rings. The minimum atomic E-state index is -3.82. The van der Waals surface area contributed by atoms with Gasteiger partial charge in [0.1, 0.15) is 10.7 Å². The second-order valence-electron chi connectivity index (χ2n) is 5.13. The number of halogens is 1. The molecule has 1 aliphatic rings. The third-order valence-electron chi connectivity index (χ3n) is 3.75. The van der Waals surface area contributed by atoms with Crippen molar-refractivity contribution in [1.29, 1.82) is 0 Å². The van der Waals surface area contributed by atoms with Crippen LogP contribution in [-0.2, 0) is 10.0 Å². The lowest BCUT2D eigenvalue weighted by atomic mass is 9.95. The van der Waals surface area contributed by atoms with Crippen molar-refractivity contribution in [2.75, 3.05) is 13.1 Å². The van der Waals surface area contributed by atoms with Crippen LogP contribution in [0.3, 0.4) is 0 Å². The first-order valence-corrected chi connectivity index (χ1v) is 8.48. The summed E-state index contributed by atoms with van der Waals surface area (Å²) in [7, 11) is -3.82. The highest BCUT2D eigenvalue weighted by Crippen LogP contribution is 2.28. The van der Waals surface area contributed by atoms with Gasteiger partial charge in [0, 0.05) is 19.1 Å². The highest BCUT2D eigenvalue weighted by molar-refractivity contribution is 7.89. The van der Waals surface area contributed by atoms with E-state index in [0.29, 0.717) is 0 Å². The molecule has 0 radical (unpaired) electrons. The number of rotatable bonds is 5. The zero-order chi connectivity index (χ0) is 14.6. The Morgan fingerprint density at radius 1 is 1.20 bits per heavy atom. The van der Waals surface area contributed by atoms with Gasteiger partial charge < -0.3 is 5.73 Å². The quantitative estimate of drug-likeness (QED) is 0.906. The normalized spacial score (nSPS) is 17.6. The van der Waals surface area contributed by atoms with E-state index in [1.807, 2.05) is 0 Å². The highest BCUT2D eigenvalue weighted by Gasteiger charge is 2.33. The largest absolute Gasteiger partial charge is 0.329 e. The molecule has 2 rings (SSSR count). The summed E-state index contributed by atoms with van der Waals surface area (Å²) in [5.41, 5.74) is 5.55. The lowest BCUT2D eigenvalue weighted by Crippen LogP contribution is -2.44. The standard InChI is InChI=1S/C14H21FN2O2S/c15-13-8-4-5-9-14(13)20(18,19)17(11-10-16)12-6-2-1-3-7-12/h4-5,8-9,12H,1-3,6-7,10-11,16H2. The molecule has 6 heteroatoms. The van der Waals surface area contributed by atoms with Crippen LogP contribution in [0.1, 0.15) is 32.1 Å². The number of benzene rings is 1. The summed E-state index contributed by atoms with van der Waals surface area (Å²) in [6, 6.07) is 5.46. The van der Waals surface area contributed by atoms with Crippen LogP contribution in [0.5, 0.6) is 0 Å². The fourth-order valence-electron chi connectivity index (χ4n) is 2.78. The Morgan fingerprint density at radius 3 is 2.45 bits per heavy atom. The van der Waals surface area contributed by atoms with Gasteiger partial charge in [-0.15, -0.1) is 0 Å². The molecule has 4 nitrogen and oxygen atoms in total. The predicted octanol–water partition coefficient (Wildman–Crippen LogP) is 2.11. The van der Waals surface area contributed by atoms with Gasteiger partial charge >= 0.3 is 0 Å². The Hall–Kier alpha value is -0.980. The molecule has 1 aromatic carbocycles. The first-order valence-electron chi connectivity index (χ1n) is 7.04. The van der Waals surface area contributed by atoms with Crippen molar-refractivity contribution in [3.8, 4) is 0 Å². The average Bonchev–Trinajstić information content (AvgIpc) is 2.45. The van der Waals surface area contributed by atoms with Crippen molar-refractivity contribution in [3.63, 3.8) is 0 Å². The molecule has 1 saturated carbocycles. The molecule has 0 heterocycles. The van der Waals surface area contributed by atoms with E-state index in [0.717, 1.165) is 32.1 Å². The number of hydrogen-bond acceptors (Lipinski definition) is 3. The molecule has 0 bridgehead atoms. The average molecular weight is 300 g/mol. The third-order valence-corrected chi connectivity index (χ3v) is 5.74. The minimum absolute atomic E-state index is 0.0584. The number of hydrogen-bond donors (Lipinski definition) is 1. The third kappa shape index (κ3) is 3.19. The number of nitrogens with two attached hydrogens (primary N) is 1. The van der Waals surface area contributed by atoms with E-state index >= 15 is 0 Å². The molecule has 112 valence electrons. The van der Waals surface area contributed by atoms with Crippen molar-refractivity contribution in [2.24, 2.45) is 5.73 Å². The molecule has 0 aliphatic heterocycles. The number of sulfonamides is 1. The zero-order valence-electron chi connectivity index (χ0n) is 11.5. The van der Waals surface area contributed by atoms with E-state index < -0.39 is 15.8 Å². The van der Waals surface area contributed by atoms with E-state index in [9.17, 15) is 12.8 Å². The SMILES string of the molecule is NCCN(C1CCCCC1)S(=O)(=O)c1ccccc1F. The van der Waals surface area contributed by atoms with Crippen LogP contribution >= 0.6 is 0 Å². The van der Waals surface area contributed by atoms with Crippen molar-refractivity contribution < 1.29 is 12.8 Å². The molecule has 0 amide bonds. The van der Waals surface area contributed by atoms with E-state index in [1.165, 1.54) is 28.6 Å². The minimum Gasteiger partial charge on any atom is -0.329 e. The predicted molar refractivity (Wildman–Crippen MR) is 76.2 cm³/mol. The molecule has 1 fully saturated rings. The van der Waals surface area contributed by atoms with Crippen LogP contribution in [0.4, 0.5) is 4.39 Å². The summed E-state index contributed by atoms with van der Waals surface area (Å²) in [4.78, 5) is -0.251. The van der Waals surface area contributed by atoms with Gasteiger partial charge in [0.2, 0.25) is 10.0 Å². The Morgan fingerprint density at radius 2 is 1.85 bits per heavy atom. The summed E-state index contributed by atoms with van der Waals surface area (Å²) in [6.07, 6.45) is 4.81. The van der Waals surface area contributed by atoms with Crippen molar-refractivity contribution in [2.45, 2.75) is 43.0 Å². The maximum absolute atomic E-state index is 13.8. The van der Waals surface area contributed by atoms with Crippen molar-refractivity contribution >= 4 is 10.0 Å². The summed E-state index contributed by atoms with van der Waals surface area (Å²) < 4.78 is 40.6. The highest BCUT2D eigenvalue weighted by atomic mass is 32.2. The van der Waals surface area contributed by atoms with Gasteiger partial charge in [0.15, 0.2) is 0 Å². The summed E-state index contributed by atoms with van der Waals surface area (Å²) in [5, 5.41) is 0. The van der Waals surface area contributed by atoms with E-state index in [2.05, 4.69) is 0 Å². The van der Waals surface area contributed by atoms with Gasteiger partial charge in [0.05, 0.1) is 0 Å². The van der Waals surface area contributed by atoms with Crippen LogP contribution in [0.2, 0.25) is 0 Å². The zero-order valence-corrected chi connectivity index (χ0v) is 12.3. The second kappa shape index (κ2) is 6.65. The van der Waals surface area contributed by atoms with E-state index in [4.69, 9.17) is 5.73 Å². The van der Waals surface area contributed by atoms with Gasteiger partial charge in [-0.2, -0.15) is 4.31 Å². The monoisotopic (exact) mass is 300 g/mol. The van der Waals surface area contributed by atoms with Crippen molar-refractivity contribution in [3.05, 3.63) is 30.1 Å². The van der Waals surface area contributed by atoms with Crippen LogP contribution in [0.15, 0.2) is 29.2 Å². The summed E-state index contributed by atoms with van der Waals surface area (Å²) in [6.45, 7) is 0.478. The molecule has 0 saturated heterocycles. The lowest BCUT2D eigenvalue weighted by molar-refractivity contribution is 0.256. The van der Waals surface area contributed by atoms with Crippen LogP contribution in [-0.4, -0.2) is 31.9 Å². The molecule has 0 unspecified atom stereocenters. The first-order chi connectivity index (χ1) is 9.57. The summed E-state index contributed by atoms with van der Waals surface area (Å²) in [5.74, 6) is -0.703. The lowest BCUT2D eigenvalue weighted by Gasteiger charge is -2.33. The second-order valence-corrected chi connectivity index (χ2v) is 6.99. The topological polar surface area (TPSA) is 63.4 Å². The molecular weight excluding hydrogens is 279 g/mol. The maximum Gasteiger partial charge on any atom is 0.246 e. The Kier molecular flexibility index (Phi) is 5.12. The van der Waals surface area contributed by atoms with E-state index in [1.54, 1.807) is 0 Å². The molecular formula is C14H21FN2O2S. The van der Waals surface area contributed by atoms with Gasteiger partial charge in [-0.3, -0.25) is 0 Å². The van der Waals surface area contributed by atoms with Crippen LogP contribution in [0, 0.1) is 5.82 Å². The fraction of sp³-hybridized carbons (Fsp3) is 0.571. The Bertz CT molecular complexity index is 542. The molecule has 0 atom stereocenters. The van der Waals surface area contributed by atoms with E-state index in [-0.39, 0.29) is 24.0 Å².